The highest BCUT2D eigenvalue weighted by molar-refractivity contribution is 7.92. The van der Waals surface area contributed by atoms with Crippen LogP contribution in [-0.4, -0.2) is 63.9 Å². The number of ether oxygens (including phenoxy) is 2. The van der Waals surface area contributed by atoms with Gasteiger partial charge in [-0.1, -0.05) is 23.7 Å². The van der Waals surface area contributed by atoms with Gasteiger partial charge in [0.1, 0.15) is 23.2 Å². The van der Waals surface area contributed by atoms with E-state index in [-0.39, 0.29) is 74.3 Å². The number of amides is 1. The van der Waals surface area contributed by atoms with Gasteiger partial charge in [0.2, 0.25) is 15.9 Å². The smallest absolute Gasteiger partial charge is 0.405 e. The summed E-state index contributed by atoms with van der Waals surface area (Å²) in [6, 6.07) is 14.1. The van der Waals surface area contributed by atoms with E-state index in [0.29, 0.717) is 11.8 Å². The van der Waals surface area contributed by atoms with Gasteiger partial charge in [-0.2, -0.15) is 10.1 Å². The molecule has 3 aromatic heterocycles. The van der Waals surface area contributed by atoms with Crippen LogP contribution < -0.4 is 25.1 Å². The highest BCUT2D eigenvalue weighted by atomic mass is 35.5. The molecule has 18 heteroatoms. The number of anilines is 1. The number of aromatic nitrogens is 5. The lowest BCUT2D eigenvalue weighted by molar-refractivity contribution is 0.189. The maximum absolute atomic E-state index is 14.4. The zero-order valence-electron chi connectivity index (χ0n) is 27.7. The second kappa shape index (κ2) is 14.4. The Hall–Kier alpha value is -5.81. The summed E-state index contributed by atoms with van der Waals surface area (Å²) >= 11 is 6.65. The van der Waals surface area contributed by atoms with Crippen molar-refractivity contribution in [3.8, 4) is 17.3 Å². The number of hydrogen-bond donors (Lipinski definition) is 3. The molecule has 0 aliphatic carbocycles. The lowest BCUT2D eigenvalue weighted by Crippen LogP contribution is -2.35. The van der Waals surface area contributed by atoms with Crippen LogP contribution in [0.1, 0.15) is 23.0 Å². The molecule has 0 spiro atoms. The molecular weight excluding hydrogens is 724 g/mol. The van der Waals surface area contributed by atoms with E-state index in [1.54, 1.807) is 24.3 Å². The number of benzene rings is 3. The molecule has 0 aliphatic rings. The molecule has 270 valence electrons. The van der Waals surface area contributed by atoms with Crippen LogP contribution in [0.3, 0.4) is 0 Å². The fraction of sp³-hybridized carbons (Fsp3) is 0.206. The average Bonchev–Trinajstić information content (AvgIpc) is 3.42. The first-order valence-electron chi connectivity index (χ1n) is 15.5. The van der Waals surface area contributed by atoms with Crippen LogP contribution in [0.2, 0.25) is 5.02 Å². The normalized spacial score (nSPS) is 12.2. The number of pyridine rings is 1. The molecule has 52 heavy (non-hydrogen) atoms. The minimum absolute atomic E-state index is 0.0140. The minimum atomic E-state index is -3.99. The lowest BCUT2D eigenvalue weighted by Gasteiger charge is -2.22. The first-order valence-corrected chi connectivity index (χ1v) is 17.5. The van der Waals surface area contributed by atoms with Crippen LogP contribution in [0.4, 0.5) is 19.4 Å². The largest absolute Gasteiger partial charge is 0.497 e. The first-order chi connectivity index (χ1) is 24.8. The van der Waals surface area contributed by atoms with Crippen molar-refractivity contribution in [1.82, 2.24) is 29.6 Å². The number of aryl methyl sites for hydroxylation is 2. The summed E-state index contributed by atoms with van der Waals surface area (Å²) in [4.78, 5) is 35.4. The number of carboxylic acid groups (broad SMARTS) is 1. The summed E-state index contributed by atoms with van der Waals surface area (Å²) in [5.41, 5.74) is 0.278. The molecule has 3 aromatic carbocycles. The fourth-order valence-corrected chi connectivity index (χ4v) is 7.11. The van der Waals surface area contributed by atoms with E-state index in [4.69, 9.17) is 21.1 Å². The quantitative estimate of drug-likeness (QED) is 0.151. The van der Waals surface area contributed by atoms with Crippen molar-refractivity contribution in [2.45, 2.75) is 18.9 Å². The summed E-state index contributed by atoms with van der Waals surface area (Å²) < 4.78 is 70.4. The Labute approximate surface area is 299 Å². The van der Waals surface area contributed by atoms with Gasteiger partial charge in [0.25, 0.3) is 5.56 Å². The van der Waals surface area contributed by atoms with Crippen LogP contribution in [0.25, 0.3) is 27.6 Å². The maximum atomic E-state index is 14.4. The van der Waals surface area contributed by atoms with Crippen molar-refractivity contribution in [2.24, 2.45) is 7.05 Å². The molecule has 3 N–H and O–H groups in total. The molecule has 0 fully saturated rings. The summed E-state index contributed by atoms with van der Waals surface area (Å²) in [6.07, 6.45) is -1.68. The molecule has 1 amide bonds. The number of sulfonamides is 1. The second-order valence-corrected chi connectivity index (χ2v) is 13.8. The number of carbonyl (C=O) groups is 1. The minimum Gasteiger partial charge on any atom is -0.497 e. The molecule has 0 radical (unpaired) electrons. The second-order valence-electron chi connectivity index (χ2n) is 11.6. The average molecular weight is 754 g/mol. The van der Waals surface area contributed by atoms with Gasteiger partial charge < -0.3 is 19.9 Å². The number of fused-ring (bicyclic) bond motifs is 2. The van der Waals surface area contributed by atoms with Crippen molar-refractivity contribution in [3.63, 3.8) is 0 Å². The van der Waals surface area contributed by atoms with Crippen LogP contribution in [0.5, 0.6) is 11.6 Å². The third-order valence-corrected chi connectivity index (χ3v) is 9.70. The topological polar surface area (TPSA) is 180 Å². The summed E-state index contributed by atoms with van der Waals surface area (Å²) in [6.45, 7) is 0. The van der Waals surface area contributed by atoms with E-state index in [2.05, 4.69) is 25.1 Å². The Bertz CT molecular complexity index is 2490. The van der Waals surface area contributed by atoms with Crippen LogP contribution in [-0.2, 0) is 29.9 Å². The van der Waals surface area contributed by atoms with Crippen molar-refractivity contribution >= 4 is 55.5 Å². The molecule has 0 bridgehead atoms. The summed E-state index contributed by atoms with van der Waals surface area (Å²) in [5, 5.41) is 16.8. The molecule has 3 heterocycles. The molecule has 14 nitrogen and oxygen atoms in total. The lowest BCUT2D eigenvalue weighted by atomic mass is 10.0. The Morgan fingerprint density at radius 3 is 2.35 bits per heavy atom. The van der Waals surface area contributed by atoms with Gasteiger partial charge in [-0.15, -0.1) is 0 Å². The molecule has 0 unspecified atom stereocenters. The number of nitrogens with zero attached hydrogens (tertiary/aromatic N) is 5. The number of nitrogens with one attached hydrogen (secondary N) is 2. The number of halogens is 3. The summed E-state index contributed by atoms with van der Waals surface area (Å²) in [5.74, 6) is -1.68. The monoisotopic (exact) mass is 753 g/mol. The van der Waals surface area contributed by atoms with Gasteiger partial charge in [0.05, 0.1) is 53.0 Å². The summed E-state index contributed by atoms with van der Waals surface area (Å²) in [7, 11) is 0.401. The Morgan fingerprint density at radius 2 is 1.69 bits per heavy atom. The van der Waals surface area contributed by atoms with Gasteiger partial charge in [-0.3, -0.25) is 18.8 Å². The molecule has 6 rings (SSSR count). The molecular formula is C34H30ClF2N7O7S. The SMILES string of the molecule is COc1ccc(CCS(=O)(=O)Nc2nn(C)c3c(-n4c([C@H](Cc5cc(F)cc(F)c5)NC(=O)O)nc5nc(OC)ccc5c4=O)ccc(Cl)c23)cc1. The highest BCUT2D eigenvalue weighted by Gasteiger charge is 2.28. The zero-order chi connectivity index (χ0) is 37.3. The molecule has 0 aliphatic heterocycles. The predicted octanol–water partition coefficient (Wildman–Crippen LogP) is 5.15. The Balaban J connectivity index is 1.51. The van der Waals surface area contributed by atoms with E-state index in [1.807, 2.05) is 0 Å². The molecule has 0 saturated heterocycles. The Kier molecular flexibility index (Phi) is 9.99. The van der Waals surface area contributed by atoms with Crippen molar-refractivity contribution in [2.75, 3.05) is 24.7 Å². The van der Waals surface area contributed by atoms with Crippen LogP contribution in [0, 0.1) is 11.6 Å². The fourth-order valence-electron chi connectivity index (χ4n) is 5.82. The van der Waals surface area contributed by atoms with Crippen molar-refractivity contribution in [1.29, 1.82) is 0 Å². The van der Waals surface area contributed by atoms with Gasteiger partial charge in [-0.25, -0.2) is 27.0 Å². The maximum Gasteiger partial charge on any atom is 0.405 e. The van der Waals surface area contributed by atoms with Gasteiger partial charge in [-0.05, 0) is 60.0 Å². The van der Waals surface area contributed by atoms with Gasteiger partial charge >= 0.3 is 6.09 Å². The van der Waals surface area contributed by atoms with Crippen LogP contribution in [0.15, 0.2) is 71.5 Å². The van der Waals surface area contributed by atoms with E-state index < -0.39 is 39.4 Å². The Morgan fingerprint density at radius 1 is 0.981 bits per heavy atom. The number of methoxy groups -OCH3 is 2. The molecule has 0 saturated carbocycles. The van der Waals surface area contributed by atoms with Crippen LogP contribution >= 0.6 is 11.6 Å². The number of rotatable bonds is 12. The van der Waals surface area contributed by atoms with Crippen molar-refractivity contribution < 1.29 is 36.6 Å². The molecule has 1 atom stereocenters. The standard InChI is InChI=1S/C34H30ClF2N7O7S/c1-43-29-26(10-9-24(35)28(29)31(41-43)42-52(48,49)13-12-18-4-6-22(50-2)7-5-18)44-32(40-30-23(33(44)45)8-11-27(39-30)51-3)25(38-34(46)47)16-19-14-20(36)17-21(37)15-19/h4-11,14-15,17,25,38H,12-13,16H2,1-3H3,(H,41,42)(H,46,47)/t25-/m0/s1. The van der Waals surface area contributed by atoms with E-state index in [0.717, 1.165) is 22.3 Å². The predicted molar refractivity (Wildman–Crippen MR) is 189 cm³/mol. The zero-order valence-corrected chi connectivity index (χ0v) is 29.3. The first kappa shape index (κ1) is 36.0. The van der Waals surface area contributed by atoms with Crippen molar-refractivity contribution in [3.05, 3.63) is 111 Å². The third-order valence-electron chi connectivity index (χ3n) is 8.14. The third kappa shape index (κ3) is 7.45. The van der Waals surface area contributed by atoms with E-state index in [1.165, 1.54) is 50.2 Å². The van der Waals surface area contributed by atoms with Gasteiger partial charge in [0, 0.05) is 25.6 Å². The molecule has 6 aromatic rings. The number of hydrogen-bond acceptors (Lipinski definition) is 9. The van der Waals surface area contributed by atoms with Gasteiger partial charge in [0.15, 0.2) is 11.5 Å². The highest BCUT2D eigenvalue weighted by Crippen LogP contribution is 2.36. The van der Waals surface area contributed by atoms with E-state index >= 15 is 0 Å². The van der Waals surface area contributed by atoms with E-state index in [9.17, 15) is 31.9 Å².